The molecule has 0 spiro atoms. The summed E-state index contributed by atoms with van der Waals surface area (Å²) in [6, 6.07) is 0. The summed E-state index contributed by atoms with van der Waals surface area (Å²) >= 11 is 0. The molecule has 0 amide bonds. The smallest absolute Gasteiger partial charge is 0.0715 e. The average Bonchev–Trinajstić information content (AvgIpc) is 2.75. The lowest BCUT2D eigenvalue weighted by Gasteiger charge is -2.46. The molecule has 0 bridgehead atoms. The Hall–Kier alpha value is -0.0800. The van der Waals surface area contributed by atoms with Crippen molar-refractivity contribution in [2.45, 2.75) is 45.6 Å². The third kappa shape index (κ3) is 1.76. The Bertz CT molecular complexity index is 293. The molecule has 3 aliphatic rings. The van der Waals surface area contributed by atoms with Crippen LogP contribution in [0.2, 0.25) is 0 Å². The van der Waals surface area contributed by atoms with Crippen molar-refractivity contribution in [2.24, 2.45) is 35.5 Å². The van der Waals surface area contributed by atoms with Crippen molar-refractivity contribution in [1.29, 1.82) is 0 Å². The number of fused-ring (bicyclic) bond motifs is 1. The number of nitrogens with one attached hydrogen (secondary N) is 1. The first-order valence-corrected chi connectivity index (χ1v) is 7.47. The van der Waals surface area contributed by atoms with E-state index in [9.17, 15) is 5.11 Å². The van der Waals surface area contributed by atoms with Gasteiger partial charge >= 0.3 is 0 Å². The quantitative estimate of drug-likeness (QED) is 0.772. The number of hydrogen-bond donors (Lipinski definition) is 2. The highest BCUT2D eigenvalue weighted by Gasteiger charge is 2.64. The van der Waals surface area contributed by atoms with Crippen molar-refractivity contribution < 1.29 is 5.11 Å². The average molecular weight is 237 g/mol. The van der Waals surface area contributed by atoms with Gasteiger partial charge in [-0.05, 0) is 61.4 Å². The van der Waals surface area contributed by atoms with Gasteiger partial charge in [-0.25, -0.2) is 0 Å². The van der Waals surface area contributed by atoms with Crippen molar-refractivity contribution >= 4 is 0 Å². The van der Waals surface area contributed by atoms with Crippen LogP contribution < -0.4 is 5.32 Å². The van der Waals surface area contributed by atoms with Crippen LogP contribution in [0.25, 0.3) is 0 Å². The van der Waals surface area contributed by atoms with Crippen molar-refractivity contribution in [3.8, 4) is 0 Å². The van der Waals surface area contributed by atoms with Gasteiger partial charge < -0.3 is 10.4 Å². The minimum Gasteiger partial charge on any atom is -0.389 e. The first-order chi connectivity index (χ1) is 8.04. The fourth-order valence-electron chi connectivity index (χ4n) is 4.98. The van der Waals surface area contributed by atoms with E-state index in [1.165, 1.54) is 12.8 Å². The molecule has 6 atom stereocenters. The second-order valence-corrected chi connectivity index (χ2v) is 7.24. The normalized spacial score (nSPS) is 53.8. The Kier molecular flexibility index (Phi) is 2.79. The van der Waals surface area contributed by atoms with Crippen LogP contribution in [0.4, 0.5) is 0 Å². The Balaban J connectivity index is 1.81. The SMILES string of the molecule is CC(C)[C@H]1CC[C@@H](C)C[C@@]1(O)C1[C@H]2CNC[C@@H]12. The first-order valence-electron chi connectivity index (χ1n) is 7.47. The van der Waals surface area contributed by atoms with Crippen LogP contribution in [0.3, 0.4) is 0 Å². The molecular weight excluding hydrogens is 210 g/mol. The van der Waals surface area contributed by atoms with Gasteiger partial charge in [-0.3, -0.25) is 0 Å². The highest BCUT2D eigenvalue weighted by Crippen LogP contribution is 2.61. The van der Waals surface area contributed by atoms with Gasteiger partial charge in [0.15, 0.2) is 0 Å². The van der Waals surface area contributed by atoms with Crippen molar-refractivity contribution in [3.63, 3.8) is 0 Å². The standard InChI is InChI=1S/C15H27NO/c1-9(2)13-5-4-10(3)6-15(13,17)14-11-7-16-8-12(11)14/h9-14,16-17H,4-8H2,1-3H3/t10-,11-,12+,13-,14?,15+/m1/s1. The molecule has 1 saturated heterocycles. The van der Waals surface area contributed by atoms with Gasteiger partial charge in [-0.2, -0.15) is 0 Å². The third-order valence-corrected chi connectivity index (χ3v) is 5.76. The van der Waals surface area contributed by atoms with Gasteiger partial charge in [0, 0.05) is 0 Å². The van der Waals surface area contributed by atoms with Crippen molar-refractivity contribution in [2.75, 3.05) is 13.1 Å². The summed E-state index contributed by atoms with van der Waals surface area (Å²) in [5.74, 6) is 4.05. The Labute approximate surface area is 105 Å². The Morgan fingerprint density at radius 2 is 1.82 bits per heavy atom. The van der Waals surface area contributed by atoms with Crippen LogP contribution in [0, 0.1) is 35.5 Å². The molecule has 0 radical (unpaired) electrons. The summed E-state index contributed by atoms with van der Waals surface area (Å²) in [5, 5.41) is 14.7. The van der Waals surface area contributed by atoms with Crippen molar-refractivity contribution in [1.82, 2.24) is 5.32 Å². The van der Waals surface area contributed by atoms with Crippen LogP contribution >= 0.6 is 0 Å². The summed E-state index contributed by atoms with van der Waals surface area (Å²) in [6.07, 6.45) is 3.59. The number of rotatable bonds is 2. The monoisotopic (exact) mass is 237 g/mol. The summed E-state index contributed by atoms with van der Waals surface area (Å²) in [5.41, 5.74) is -0.344. The molecular formula is C15H27NO. The summed E-state index contributed by atoms with van der Waals surface area (Å²) < 4.78 is 0. The van der Waals surface area contributed by atoms with E-state index in [4.69, 9.17) is 0 Å². The lowest BCUT2D eigenvalue weighted by atomic mass is 9.64. The molecule has 0 aromatic carbocycles. The van der Waals surface area contributed by atoms with E-state index in [1.54, 1.807) is 0 Å². The third-order valence-electron chi connectivity index (χ3n) is 5.76. The highest BCUT2D eigenvalue weighted by atomic mass is 16.3. The van der Waals surface area contributed by atoms with E-state index in [0.717, 1.165) is 31.3 Å². The maximum Gasteiger partial charge on any atom is 0.0715 e. The Morgan fingerprint density at radius 1 is 1.18 bits per heavy atom. The molecule has 2 N–H and O–H groups in total. The molecule has 1 unspecified atom stereocenters. The fraction of sp³-hybridized carbons (Fsp3) is 1.00. The van der Waals surface area contributed by atoms with Crippen molar-refractivity contribution in [3.05, 3.63) is 0 Å². The molecule has 2 nitrogen and oxygen atoms in total. The highest BCUT2D eigenvalue weighted by molar-refractivity contribution is 5.15. The maximum absolute atomic E-state index is 11.3. The van der Waals surface area contributed by atoms with E-state index in [1.807, 2.05) is 0 Å². The molecule has 0 aromatic heterocycles. The molecule has 3 rings (SSSR count). The largest absolute Gasteiger partial charge is 0.389 e. The van der Waals surface area contributed by atoms with E-state index in [2.05, 4.69) is 26.1 Å². The predicted octanol–water partition coefficient (Wildman–Crippen LogP) is 2.28. The molecule has 2 saturated carbocycles. The molecule has 0 aromatic rings. The van der Waals surface area contributed by atoms with E-state index in [0.29, 0.717) is 23.7 Å². The topological polar surface area (TPSA) is 32.3 Å². The number of piperidine rings is 1. The van der Waals surface area contributed by atoms with Crippen LogP contribution in [0.15, 0.2) is 0 Å². The summed E-state index contributed by atoms with van der Waals surface area (Å²) in [6.45, 7) is 9.20. The van der Waals surface area contributed by atoms with Gasteiger partial charge in [0.05, 0.1) is 5.60 Å². The van der Waals surface area contributed by atoms with Gasteiger partial charge in [-0.1, -0.05) is 27.2 Å². The molecule has 98 valence electrons. The lowest BCUT2D eigenvalue weighted by molar-refractivity contribution is -0.104. The van der Waals surface area contributed by atoms with Crippen LogP contribution in [-0.2, 0) is 0 Å². The fourth-order valence-corrected chi connectivity index (χ4v) is 4.98. The second-order valence-electron chi connectivity index (χ2n) is 7.24. The molecule has 1 heterocycles. The van der Waals surface area contributed by atoms with Gasteiger partial charge in [0.25, 0.3) is 0 Å². The molecule has 1 aliphatic heterocycles. The lowest BCUT2D eigenvalue weighted by Crippen LogP contribution is -2.49. The molecule has 2 heteroatoms. The number of aliphatic hydroxyl groups is 1. The Morgan fingerprint density at radius 3 is 2.41 bits per heavy atom. The van der Waals surface area contributed by atoms with Gasteiger partial charge in [0.2, 0.25) is 0 Å². The van der Waals surface area contributed by atoms with Gasteiger partial charge in [0.1, 0.15) is 0 Å². The molecule has 17 heavy (non-hydrogen) atoms. The molecule has 3 fully saturated rings. The number of hydrogen-bond acceptors (Lipinski definition) is 2. The van der Waals surface area contributed by atoms with E-state index < -0.39 is 0 Å². The zero-order chi connectivity index (χ0) is 12.2. The van der Waals surface area contributed by atoms with Crippen LogP contribution in [0.5, 0.6) is 0 Å². The van der Waals surface area contributed by atoms with Crippen LogP contribution in [-0.4, -0.2) is 23.8 Å². The van der Waals surface area contributed by atoms with Gasteiger partial charge in [-0.15, -0.1) is 0 Å². The minimum absolute atomic E-state index is 0.344. The van der Waals surface area contributed by atoms with E-state index >= 15 is 0 Å². The first kappa shape index (κ1) is 12.0. The second kappa shape index (κ2) is 3.96. The zero-order valence-electron chi connectivity index (χ0n) is 11.4. The molecule has 2 aliphatic carbocycles. The summed E-state index contributed by atoms with van der Waals surface area (Å²) in [4.78, 5) is 0. The summed E-state index contributed by atoms with van der Waals surface area (Å²) in [7, 11) is 0. The zero-order valence-corrected chi connectivity index (χ0v) is 11.4. The van der Waals surface area contributed by atoms with Crippen LogP contribution in [0.1, 0.15) is 40.0 Å². The maximum atomic E-state index is 11.3. The van der Waals surface area contributed by atoms with E-state index in [-0.39, 0.29) is 5.60 Å². The predicted molar refractivity (Wildman–Crippen MR) is 69.6 cm³/mol. The minimum atomic E-state index is -0.344.